The van der Waals surface area contributed by atoms with E-state index in [1.54, 1.807) is 6.92 Å². The summed E-state index contributed by atoms with van der Waals surface area (Å²) in [6.45, 7) is 4.50. The Bertz CT molecular complexity index is 502. The van der Waals surface area contributed by atoms with E-state index in [0.717, 1.165) is 6.42 Å². The van der Waals surface area contributed by atoms with Gasteiger partial charge in [0.05, 0.1) is 19.3 Å². The first kappa shape index (κ1) is 17.9. The lowest BCUT2D eigenvalue weighted by molar-refractivity contribution is -0.0565. The van der Waals surface area contributed by atoms with Crippen LogP contribution in [0.4, 0.5) is 13.2 Å². The summed E-state index contributed by atoms with van der Waals surface area (Å²) in [6, 6.07) is 2.59. The SMILES string of the molecule is CCOc1ccc(OCCC(F)C2CCC(C)CO2)c(F)c1F. The maximum atomic E-state index is 14.1. The first-order valence-corrected chi connectivity index (χ1v) is 8.02. The Morgan fingerprint density at radius 3 is 2.39 bits per heavy atom. The molecule has 3 nitrogen and oxygen atoms in total. The van der Waals surface area contributed by atoms with Gasteiger partial charge in [-0.15, -0.1) is 0 Å². The van der Waals surface area contributed by atoms with Crippen LogP contribution in [-0.2, 0) is 4.74 Å². The van der Waals surface area contributed by atoms with E-state index in [-0.39, 0.29) is 31.1 Å². The van der Waals surface area contributed by atoms with Gasteiger partial charge in [-0.2, -0.15) is 8.78 Å². The van der Waals surface area contributed by atoms with E-state index in [4.69, 9.17) is 14.2 Å². The largest absolute Gasteiger partial charge is 0.491 e. The van der Waals surface area contributed by atoms with Gasteiger partial charge in [-0.25, -0.2) is 4.39 Å². The molecule has 1 aliphatic rings. The molecule has 6 heteroatoms. The minimum absolute atomic E-state index is 0.0408. The van der Waals surface area contributed by atoms with Gasteiger partial charge in [0.25, 0.3) is 0 Å². The van der Waals surface area contributed by atoms with E-state index < -0.39 is 23.9 Å². The van der Waals surface area contributed by atoms with Crippen LogP contribution in [0.2, 0.25) is 0 Å². The Labute approximate surface area is 134 Å². The van der Waals surface area contributed by atoms with Crippen molar-refractivity contribution in [3.05, 3.63) is 23.8 Å². The van der Waals surface area contributed by atoms with Crippen LogP contribution in [-0.4, -0.2) is 32.1 Å². The van der Waals surface area contributed by atoms with Gasteiger partial charge in [0.2, 0.25) is 11.6 Å². The Morgan fingerprint density at radius 1 is 1.17 bits per heavy atom. The van der Waals surface area contributed by atoms with E-state index in [9.17, 15) is 13.2 Å². The summed E-state index contributed by atoms with van der Waals surface area (Å²) in [5, 5.41) is 0. The molecule has 3 atom stereocenters. The normalized spacial score (nSPS) is 22.7. The average molecular weight is 332 g/mol. The van der Waals surface area contributed by atoms with Crippen LogP contribution in [0.3, 0.4) is 0 Å². The average Bonchev–Trinajstić information content (AvgIpc) is 2.54. The van der Waals surface area contributed by atoms with Crippen LogP contribution in [0.5, 0.6) is 11.5 Å². The summed E-state index contributed by atoms with van der Waals surface area (Å²) in [4.78, 5) is 0. The minimum Gasteiger partial charge on any atom is -0.491 e. The van der Waals surface area contributed by atoms with Gasteiger partial charge in [-0.05, 0) is 37.8 Å². The lowest BCUT2D eigenvalue weighted by Gasteiger charge is -2.29. The fraction of sp³-hybridized carbons (Fsp3) is 0.647. The highest BCUT2D eigenvalue weighted by Crippen LogP contribution is 2.28. The van der Waals surface area contributed by atoms with Crippen LogP contribution in [0, 0.1) is 17.6 Å². The molecule has 1 heterocycles. The third kappa shape index (κ3) is 4.77. The summed E-state index contributed by atoms with van der Waals surface area (Å²) in [7, 11) is 0. The predicted octanol–water partition coefficient (Wildman–Crippen LogP) is 4.29. The molecule has 130 valence electrons. The molecule has 0 aliphatic carbocycles. The van der Waals surface area contributed by atoms with E-state index in [1.807, 2.05) is 0 Å². The number of hydrogen-bond donors (Lipinski definition) is 0. The zero-order valence-corrected chi connectivity index (χ0v) is 13.5. The first-order valence-electron chi connectivity index (χ1n) is 8.02. The summed E-state index contributed by atoms with van der Waals surface area (Å²) in [5.41, 5.74) is 0. The second-order valence-electron chi connectivity index (χ2n) is 5.83. The summed E-state index contributed by atoms with van der Waals surface area (Å²) < 4.78 is 57.1. The van der Waals surface area contributed by atoms with Crippen LogP contribution >= 0.6 is 0 Å². The third-order valence-corrected chi connectivity index (χ3v) is 3.90. The molecular weight excluding hydrogens is 309 g/mol. The molecule has 2 rings (SSSR count). The molecule has 0 saturated carbocycles. The molecule has 1 aromatic carbocycles. The second kappa shape index (κ2) is 8.43. The van der Waals surface area contributed by atoms with E-state index in [1.165, 1.54) is 12.1 Å². The fourth-order valence-corrected chi connectivity index (χ4v) is 2.55. The maximum Gasteiger partial charge on any atom is 0.204 e. The topological polar surface area (TPSA) is 27.7 Å². The molecule has 0 spiro atoms. The standard InChI is InChI=1S/C17H23F3O3/c1-3-21-14-6-7-15(17(20)16(14)19)22-9-8-12(18)13-5-4-11(2)10-23-13/h6-7,11-13H,3-5,8-10H2,1-2H3. The summed E-state index contributed by atoms with van der Waals surface area (Å²) in [6.07, 6.45) is 0.0849. The van der Waals surface area contributed by atoms with Crippen molar-refractivity contribution in [2.45, 2.75) is 45.4 Å². The van der Waals surface area contributed by atoms with Crippen molar-refractivity contribution < 1.29 is 27.4 Å². The van der Waals surface area contributed by atoms with Gasteiger partial charge in [0.1, 0.15) is 6.17 Å². The molecule has 0 aromatic heterocycles. The van der Waals surface area contributed by atoms with Crippen molar-refractivity contribution in [2.24, 2.45) is 5.92 Å². The first-order chi connectivity index (χ1) is 11.0. The van der Waals surface area contributed by atoms with Crippen LogP contribution in [0.1, 0.15) is 33.1 Å². The van der Waals surface area contributed by atoms with Crippen molar-refractivity contribution in [3.8, 4) is 11.5 Å². The monoisotopic (exact) mass is 332 g/mol. The van der Waals surface area contributed by atoms with Crippen LogP contribution in [0.15, 0.2) is 12.1 Å². The van der Waals surface area contributed by atoms with E-state index in [2.05, 4.69) is 6.92 Å². The summed E-state index contributed by atoms with van der Waals surface area (Å²) in [5.74, 6) is -2.16. The summed E-state index contributed by atoms with van der Waals surface area (Å²) >= 11 is 0. The lowest BCUT2D eigenvalue weighted by Crippen LogP contribution is -2.33. The molecule has 1 aliphatic heterocycles. The fourth-order valence-electron chi connectivity index (χ4n) is 2.55. The molecule has 0 amide bonds. The highest BCUT2D eigenvalue weighted by atomic mass is 19.2. The van der Waals surface area contributed by atoms with E-state index >= 15 is 0 Å². The molecule has 0 radical (unpaired) electrons. The lowest BCUT2D eigenvalue weighted by atomic mass is 9.97. The van der Waals surface area contributed by atoms with E-state index in [0.29, 0.717) is 18.9 Å². The molecule has 23 heavy (non-hydrogen) atoms. The molecule has 1 fully saturated rings. The zero-order chi connectivity index (χ0) is 16.8. The number of alkyl halides is 1. The smallest absolute Gasteiger partial charge is 0.204 e. The van der Waals surface area contributed by atoms with Crippen molar-refractivity contribution in [1.82, 2.24) is 0 Å². The Hall–Kier alpha value is -1.43. The molecular formula is C17H23F3O3. The number of hydrogen-bond acceptors (Lipinski definition) is 3. The van der Waals surface area contributed by atoms with Gasteiger partial charge in [0, 0.05) is 13.0 Å². The molecule has 0 bridgehead atoms. The molecule has 1 saturated heterocycles. The van der Waals surface area contributed by atoms with Gasteiger partial charge in [-0.3, -0.25) is 0 Å². The van der Waals surface area contributed by atoms with Crippen molar-refractivity contribution in [3.63, 3.8) is 0 Å². The van der Waals surface area contributed by atoms with Crippen molar-refractivity contribution >= 4 is 0 Å². The Balaban J connectivity index is 1.83. The highest BCUT2D eigenvalue weighted by Gasteiger charge is 2.27. The Morgan fingerprint density at radius 2 is 1.83 bits per heavy atom. The second-order valence-corrected chi connectivity index (χ2v) is 5.83. The van der Waals surface area contributed by atoms with Crippen molar-refractivity contribution in [1.29, 1.82) is 0 Å². The zero-order valence-electron chi connectivity index (χ0n) is 13.5. The van der Waals surface area contributed by atoms with Gasteiger partial charge < -0.3 is 14.2 Å². The van der Waals surface area contributed by atoms with Crippen LogP contribution in [0.25, 0.3) is 0 Å². The molecule has 3 unspecified atom stereocenters. The number of rotatable bonds is 7. The van der Waals surface area contributed by atoms with Crippen LogP contribution < -0.4 is 9.47 Å². The maximum absolute atomic E-state index is 14.1. The number of halogens is 3. The predicted molar refractivity (Wildman–Crippen MR) is 80.7 cm³/mol. The number of benzene rings is 1. The molecule has 0 N–H and O–H groups in total. The quantitative estimate of drug-likeness (QED) is 0.746. The highest BCUT2D eigenvalue weighted by molar-refractivity contribution is 5.35. The third-order valence-electron chi connectivity index (χ3n) is 3.90. The van der Waals surface area contributed by atoms with Gasteiger partial charge in [-0.1, -0.05) is 6.92 Å². The van der Waals surface area contributed by atoms with Gasteiger partial charge >= 0.3 is 0 Å². The molecule has 1 aromatic rings. The minimum atomic E-state index is -1.17. The Kier molecular flexibility index (Phi) is 6.57. The van der Waals surface area contributed by atoms with Gasteiger partial charge in [0.15, 0.2) is 11.5 Å². The number of ether oxygens (including phenoxy) is 3. The van der Waals surface area contributed by atoms with Crippen molar-refractivity contribution in [2.75, 3.05) is 19.8 Å².